The Balaban J connectivity index is 2.17. The van der Waals surface area contributed by atoms with E-state index in [9.17, 15) is 0 Å². The summed E-state index contributed by atoms with van der Waals surface area (Å²) >= 11 is 1.75. The molecular formula is C9H12O2S. The highest BCUT2D eigenvalue weighted by atomic mass is 32.1. The van der Waals surface area contributed by atoms with E-state index < -0.39 is 0 Å². The fourth-order valence-corrected chi connectivity index (χ4v) is 2.48. The van der Waals surface area contributed by atoms with Crippen molar-refractivity contribution < 1.29 is 9.84 Å². The Kier molecular flexibility index (Phi) is 2.17. The summed E-state index contributed by atoms with van der Waals surface area (Å²) in [6.07, 6.45) is 0.827. The highest BCUT2D eigenvalue weighted by Gasteiger charge is 2.40. The highest BCUT2D eigenvalue weighted by Crippen LogP contribution is 2.37. The van der Waals surface area contributed by atoms with Gasteiger partial charge >= 0.3 is 0 Å². The summed E-state index contributed by atoms with van der Waals surface area (Å²) < 4.78 is 5.21. The Morgan fingerprint density at radius 1 is 1.58 bits per heavy atom. The topological polar surface area (TPSA) is 29.5 Å². The average Bonchev–Trinajstić information content (AvgIpc) is 2.48. The summed E-state index contributed by atoms with van der Waals surface area (Å²) in [5, 5.41) is 11.0. The molecule has 0 radical (unpaired) electrons. The normalized spacial score (nSPS) is 20.4. The molecule has 0 saturated carbocycles. The number of ether oxygens (including phenoxy) is 1. The van der Waals surface area contributed by atoms with Gasteiger partial charge in [-0.2, -0.15) is 0 Å². The van der Waals surface area contributed by atoms with E-state index in [2.05, 4.69) is 17.5 Å². The van der Waals surface area contributed by atoms with E-state index in [0.29, 0.717) is 0 Å². The summed E-state index contributed by atoms with van der Waals surface area (Å²) in [6.45, 7) is 1.80. The minimum atomic E-state index is 0.142. The van der Waals surface area contributed by atoms with E-state index >= 15 is 0 Å². The van der Waals surface area contributed by atoms with E-state index in [0.717, 1.165) is 19.6 Å². The summed E-state index contributed by atoms with van der Waals surface area (Å²) in [5.41, 5.74) is 0.142. The van der Waals surface area contributed by atoms with Gasteiger partial charge in [-0.3, -0.25) is 0 Å². The van der Waals surface area contributed by atoms with Crippen LogP contribution in [0.4, 0.5) is 0 Å². The second-order valence-corrected chi connectivity index (χ2v) is 4.17. The van der Waals surface area contributed by atoms with Crippen molar-refractivity contribution >= 4 is 11.3 Å². The van der Waals surface area contributed by atoms with Gasteiger partial charge in [0.1, 0.15) is 0 Å². The van der Waals surface area contributed by atoms with Crippen LogP contribution in [-0.2, 0) is 10.2 Å². The quantitative estimate of drug-likeness (QED) is 0.769. The molecule has 0 spiro atoms. The molecule has 1 fully saturated rings. The van der Waals surface area contributed by atoms with Crippen molar-refractivity contribution in [2.45, 2.75) is 11.8 Å². The standard InChI is InChI=1S/C9H12O2S/c10-4-3-9(6-11-7-9)8-2-1-5-12-8/h1-2,5,10H,3-4,6-7H2. The predicted molar refractivity (Wildman–Crippen MR) is 48.5 cm³/mol. The van der Waals surface area contributed by atoms with Crippen molar-refractivity contribution in [2.24, 2.45) is 0 Å². The Morgan fingerprint density at radius 2 is 2.42 bits per heavy atom. The zero-order chi connectivity index (χ0) is 8.44. The first-order chi connectivity index (χ1) is 5.87. The van der Waals surface area contributed by atoms with Crippen LogP contribution >= 0.6 is 11.3 Å². The summed E-state index contributed by atoms with van der Waals surface area (Å²) in [5.74, 6) is 0. The molecule has 1 N–H and O–H groups in total. The maximum Gasteiger partial charge on any atom is 0.0594 e. The zero-order valence-corrected chi connectivity index (χ0v) is 7.64. The molecule has 2 nitrogen and oxygen atoms in total. The van der Waals surface area contributed by atoms with Crippen LogP contribution in [0.1, 0.15) is 11.3 Å². The number of rotatable bonds is 3. The van der Waals surface area contributed by atoms with Crippen molar-refractivity contribution in [1.82, 2.24) is 0 Å². The maximum atomic E-state index is 8.91. The molecule has 0 amide bonds. The van der Waals surface area contributed by atoms with Crippen LogP contribution in [-0.4, -0.2) is 24.9 Å². The summed E-state index contributed by atoms with van der Waals surface area (Å²) in [4.78, 5) is 1.35. The van der Waals surface area contributed by atoms with Crippen LogP contribution in [0.3, 0.4) is 0 Å². The van der Waals surface area contributed by atoms with Gasteiger partial charge in [0.15, 0.2) is 0 Å². The molecule has 66 valence electrons. The van der Waals surface area contributed by atoms with Gasteiger partial charge in [0.2, 0.25) is 0 Å². The lowest BCUT2D eigenvalue weighted by atomic mass is 9.81. The van der Waals surface area contributed by atoms with E-state index in [4.69, 9.17) is 9.84 Å². The lowest BCUT2D eigenvalue weighted by molar-refractivity contribution is -0.0682. The highest BCUT2D eigenvalue weighted by molar-refractivity contribution is 7.10. The third-order valence-corrected chi connectivity index (χ3v) is 3.51. The van der Waals surface area contributed by atoms with Crippen molar-refractivity contribution in [2.75, 3.05) is 19.8 Å². The van der Waals surface area contributed by atoms with Crippen LogP contribution in [0.15, 0.2) is 17.5 Å². The van der Waals surface area contributed by atoms with E-state index in [-0.39, 0.29) is 12.0 Å². The molecule has 0 atom stereocenters. The Bertz CT molecular complexity index is 239. The molecule has 2 heterocycles. The Morgan fingerprint density at radius 3 is 2.83 bits per heavy atom. The van der Waals surface area contributed by atoms with Gasteiger partial charge in [0.25, 0.3) is 0 Å². The molecule has 1 aromatic heterocycles. The fraction of sp³-hybridized carbons (Fsp3) is 0.556. The maximum absolute atomic E-state index is 8.91. The van der Waals surface area contributed by atoms with Crippen molar-refractivity contribution in [3.8, 4) is 0 Å². The van der Waals surface area contributed by atoms with Crippen LogP contribution in [0.2, 0.25) is 0 Å². The number of hydrogen-bond acceptors (Lipinski definition) is 3. The van der Waals surface area contributed by atoms with Crippen molar-refractivity contribution in [1.29, 1.82) is 0 Å². The van der Waals surface area contributed by atoms with Gasteiger partial charge in [0, 0.05) is 11.5 Å². The smallest absolute Gasteiger partial charge is 0.0594 e. The molecule has 0 aromatic carbocycles. The number of hydrogen-bond donors (Lipinski definition) is 1. The van der Waals surface area contributed by atoms with Crippen LogP contribution in [0.5, 0.6) is 0 Å². The minimum Gasteiger partial charge on any atom is -0.396 e. The summed E-state index contributed by atoms with van der Waals surface area (Å²) in [7, 11) is 0. The first-order valence-electron chi connectivity index (χ1n) is 4.10. The first-order valence-corrected chi connectivity index (χ1v) is 4.98. The number of aliphatic hydroxyl groups excluding tert-OH is 1. The minimum absolute atomic E-state index is 0.142. The largest absolute Gasteiger partial charge is 0.396 e. The van der Waals surface area contributed by atoms with Crippen LogP contribution in [0, 0.1) is 0 Å². The van der Waals surface area contributed by atoms with Gasteiger partial charge in [-0.15, -0.1) is 11.3 Å². The lowest BCUT2D eigenvalue weighted by Gasteiger charge is -2.40. The zero-order valence-electron chi connectivity index (χ0n) is 6.82. The van der Waals surface area contributed by atoms with E-state index in [1.807, 2.05) is 0 Å². The fourth-order valence-electron chi connectivity index (χ4n) is 1.55. The van der Waals surface area contributed by atoms with Crippen LogP contribution < -0.4 is 0 Å². The predicted octanol–water partition coefficient (Wildman–Crippen LogP) is 1.40. The lowest BCUT2D eigenvalue weighted by Crippen LogP contribution is -2.46. The molecule has 0 unspecified atom stereocenters. The Labute approximate surface area is 75.8 Å². The van der Waals surface area contributed by atoms with Gasteiger partial charge in [-0.1, -0.05) is 6.07 Å². The van der Waals surface area contributed by atoms with Gasteiger partial charge < -0.3 is 9.84 Å². The van der Waals surface area contributed by atoms with Crippen molar-refractivity contribution in [3.63, 3.8) is 0 Å². The molecule has 3 heteroatoms. The second-order valence-electron chi connectivity index (χ2n) is 3.22. The molecular weight excluding hydrogens is 172 g/mol. The van der Waals surface area contributed by atoms with Gasteiger partial charge in [-0.05, 0) is 17.9 Å². The van der Waals surface area contributed by atoms with E-state index in [1.54, 1.807) is 11.3 Å². The number of aliphatic hydroxyl groups is 1. The summed E-state index contributed by atoms with van der Waals surface area (Å²) in [6, 6.07) is 4.18. The third kappa shape index (κ3) is 1.18. The molecule has 12 heavy (non-hydrogen) atoms. The monoisotopic (exact) mass is 184 g/mol. The molecule has 0 bridgehead atoms. The molecule has 1 saturated heterocycles. The second kappa shape index (κ2) is 3.17. The molecule has 0 aliphatic carbocycles. The molecule has 1 aliphatic heterocycles. The van der Waals surface area contributed by atoms with Gasteiger partial charge in [-0.25, -0.2) is 0 Å². The molecule has 1 aromatic rings. The number of thiophene rings is 1. The molecule has 2 rings (SSSR count). The average molecular weight is 184 g/mol. The van der Waals surface area contributed by atoms with E-state index in [1.165, 1.54) is 4.88 Å². The van der Waals surface area contributed by atoms with Crippen molar-refractivity contribution in [3.05, 3.63) is 22.4 Å². The Hall–Kier alpha value is -0.380. The van der Waals surface area contributed by atoms with Crippen LogP contribution in [0.25, 0.3) is 0 Å². The third-order valence-electron chi connectivity index (χ3n) is 2.39. The molecule has 1 aliphatic rings. The first kappa shape index (κ1) is 8.23. The SMILES string of the molecule is OCCC1(c2cccs2)COC1. The van der Waals surface area contributed by atoms with Gasteiger partial charge in [0.05, 0.1) is 18.6 Å².